The Labute approximate surface area is 300 Å². The Morgan fingerprint density at radius 3 is 2.18 bits per heavy atom. The maximum Gasteiger partial charge on any atom is 0.318 e. The molecule has 0 aliphatic rings. The summed E-state index contributed by atoms with van der Waals surface area (Å²) >= 11 is 1.55. The first kappa shape index (κ1) is 40.7. The first-order chi connectivity index (χ1) is 23.7. The summed E-state index contributed by atoms with van der Waals surface area (Å²) in [5.74, 6) is -0.513. The number of hydrogen-bond donors (Lipinski definition) is 3. The molecule has 14 heteroatoms. The number of nitrogens with one attached hydrogen (secondary N) is 2. The van der Waals surface area contributed by atoms with Gasteiger partial charge in [-0.3, -0.25) is 4.79 Å². The van der Waals surface area contributed by atoms with E-state index in [1.54, 1.807) is 18.4 Å². The van der Waals surface area contributed by atoms with Crippen molar-refractivity contribution in [3.05, 3.63) is 86.7 Å². The summed E-state index contributed by atoms with van der Waals surface area (Å²) in [4.78, 5) is 44.1. The fourth-order valence-corrected chi connectivity index (χ4v) is 7.80. The summed E-state index contributed by atoms with van der Waals surface area (Å²) < 4.78 is 28.9. The quantitative estimate of drug-likeness (QED) is 0.137. The molecule has 1 aromatic heterocycles. The van der Waals surface area contributed by atoms with Gasteiger partial charge in [0.05, 0.1) is 34.3 Å². The number of thiazole rings is 1. The fraction of sp³-hybridized carbons (Fsp3) is 0.528. The molecule has 0 saturated heterocycles. The predicted octanol–water partition coefficient (Wildman–Crippen LogP) is 5.52. The van der Waals surface area contributed by atoms with Gasteiger partial charge in [-0.05, 0) is 41.5 Å². The molecule has 4 atom stereocenters. The summed E-state index contributed by atoms with van der Waals surface area (Å²) in [5.41, 5.74) is 2.18. The van der Waals surface area contributed by atoms with Crippen LogP contribution in [0.4, 0.5) is 4.79 Å². The average molecular weight is 729 g/mol. The maximum atomic E-state index is 14.0. The van der Waals surface area contributed by atoms with Crippen LogP contribution in [0.1, 0.15) is 75.7 Å². The average Bonchev–Trinajstić information content (AvgIpc) is 3.55. The Morgan fingerprint density at radius 2 is 1.62 bits per heavy atom. The molecule has 0 spiro atoms. The molecule has 0 saturated carbocycles. The largest absolute Gasteiger partial charge is 0.390 e. The molecule has 0 radical (unpaired) electrons. The third-order valence-corrected chi connectivity index (χ3v) is 11.5. The first-order valence-corrected chi connectivity index (χ1v) is 19.3. The lowest BCUT2D eigenvalue weighted by molar-refractivity contribution is -0.125. The van der Waals surface area contributed by atoms with Gasteiger partial charge in [-0.15, -0.1) is 11.3 Å². The summed E-state index contributed by atoms with van der Waals surface area (Å²) in [6.07, 6.45) is -0.485. The van der Waals surface area contributed by atoms with Gasteiger partial charge in [-0.2, -0.15) is 9.21 Å². The molecular formula is C36H52N6O6S2. The van der Waals surface area contributed by atoms with Crippen LogP contribution in [0, 0.1) is 16.7 Å². The number of aliphatic hydroxyl groups is 1. The summed E-state index contributed by atoms with van der Waals surface area (Å²) in [6, 6.07) is 13.0. The fourth-order valence-electron chi connectivity index (χ4n) is 5.35. The number of nitroso groups, excluding NO2 is 1. The number of aliphatic hydroxyl groups excluding tert-OH is 1. The number of amides is 3. The normalized spacial score (nSPS) is 14.3. The van der Waals surface area contributed by atoms with Crippen LogP contribution in [0.5, 0.6) is 0 Å². The van der Waals surface area contributed by atoms with Crippen molar-refractivity contribution in [1.82, 2.24) is 24.8 Å². The van der Waals surface area contributed by atoms with E-state index in [0.29, 0.717) is 12.0 Å². The number of carbonyl (C=O) groups excluding carboxylic acids is 2. The standard InChI is InChI=1S/C36H52N6O6S2/c1-8-26(6)33(40-36(45)41(7)21-29-23-49-35(38-29)25(4)5)34(44)39-31(18-27-12-10-9-11-13-27)32(43)22-42(20-24(2)3)50(47,48)30-16-14-28(15-17-30)19-37-46/h9-17,23-26,31-33,43H,8,18-22H2,1-7H3,(H,39,44)(H,40,45)/t26-,31-,32+,33-/m0/s1. The van der Waals surface area contributed by atoms with Crippen molar-refractivity contribution in [3.8, 4) is 0 Å². The van der Waals surface area contributed by atoms with E-state index in [-0.39, 0.29) is 55.2 Å². The number of urea groups is 1. The lowest BCUT2D eigenvalue weighted by atomic mass is 9.96. The minimum atomic E-state index is -4.06. The van der Waals surface area contributed by atoms with E-state index in [1.165, 1.54) is 33.5 Å². The van der Waals surface area contributed by atoms with Crippen LogP contribution >= 0.6 is 11.3 Å². The number of benzene rings is 2. The number of aromatic nitrogens is 1. The third-order valence-electron chi connectivity index (χ3n) is 8.44. The Balaban J connectivity index is 1.85. The number of rotatable bonds is 19. The van der Waals surface area contributed by atoms with Crippen LogP contribution in [-0.4, -0.2) is 78.0 Å². The smallest absolute Gasteiger partial charge is 0.318 e. The van der Waals surface area contributed by atoms with Gasteiger partial charge in [-0.25, -0.2) is 18.2 Å². The number of nitrogens with zero attached hydrogens (tertiary/aromatic N) is 4. The Morgan fingerprint density at radius 1 is 0.960 bits per heavy atom. The minimum Gasteiger partial charge on any atom is -0.390 e. The molecule has 3 amide bonds. The zero-order valence-corrected chi connectivity index (χ0v) is 31.7. The molecule has 2 aromatic carbocycles. The topological polar surface area (TPSA) is 161 Å². The zero-order valence-electron chi connectivity index (χ0n) is 30.1. The van der Waals surface area contributed by atoms with Crippen LogP contribution in [0.3, 0.4) is 0 Å². The molecule has 0 fully saturated rings. The molecule has 0 unspecified atom stereocenters. The highest BCUT2D eigenvalue weighted by molar-refractivity contribution is 7.89. The van der Waals surface area contributed by atoms with Gasteiger partial charge in [-0.1, -0.05) is 95.6 Å². The molecular weight excluding hydrogens is 677 g/mol. The van der Waals surface area contributed by atoms with E-state index in [2.05, 4.69) is 34.6 Å². The predicted molar refractivity (Wildman–Crippen MR) is 197 cm³/mol. The minimum absolute atomic E-state index is 0.0189. The monoisotopic (exact) mass is 728 g/mol. The van der Waals surface area contributed by atoms with E-state index in [9.17, 15) is 28.0 Å². The molecule has 274 valence electrons. The van der Waals surface area contributed by atoms with Crippen LogP contribution in [-0.2, 0) is 34.3 Å². The molecule has 1 heterocycles. The van der Waals surface area contributed by atoms with Gasteiger partial charge in [0, 0.05) is 31.4 Å². The van der Waals surface area contributed by atoms with Crippen molar-refractivity contribution < 1.29 is 23.1 Å². The van der Waals surface area contributed by atoms with Crippen molar-refractivity contribution in [2.75, 3.05) is 20.1 Å². The zero-order chi connectivity index (χ0) is 37.0. The number of hydrogen-bond acceptors (Lipinski definition) is 9. The van der Waals surface area contributed by atoms with E-state index in [0.717, 1.165) is 16.3 Å². The van der Waals surface area contributed by atoms with E-state index in [1.807, 2.05) is 63.4 Å². The van der Waals surface area contributed by atoms with Crippen molar-refractivity contribution in [3.63, 3.8) is 0 Å². The van der Waals surface area contributed by atoms with E-state index < -0.39 is 40.1 Å². The molecule has 50 heavy (non-hydrogen) atoms. The molecule has 3 rings (SSSR count). The van der Waals surface area contributed by atoms with E-state index >= 15 is 0 Å². The second kappa shape index (κ2) is 19.0. The van der Waals surface area contributed by atoms with Gasteiger partial charge < -0.3 is 20.6 Å². The molecule has 3 N–H and O–H groups in total. The second-order valence-electron chi connectivity index (χ2n) is 13.5. The summed E-state index contributed by atoms with van der Waals surface area (Å²) in [7, 11) is -2.41. The Hall–Kier alpha value is -3.72. The van der Waals surface area contributed by atoms with Crippen molar-refractivity contribution in [1.29, 1.82) is 0 Å². The van der Waals surface area contributed by atoms with Gasteiger partial charge in [0.15, 0.2) is 0 Å². The second-order valence-corrected chi connectivity index (χ2v) is 16.3. The lowest BCUT2D eigenvalue weighted by Gasteiger charge is -2.33. The molecule has 0 aliphatic carbocycles. The van der Waals surface area contributed by atoms with Gasteiger partial charge in [0.2, 0.25) is 15.9 Å². The highest BCUT2D eigenvalue weighted by Gasteiger charge is 2.34. The van der Waals surface area contributed by atoms with Crippen LogP contribution < -0.4 is 10.6 Å². The van der Waals surface area contributed by atoms with Crippen molar-refractivity contribution >= 4 is 33.3 Å². The summed E-state index contributed by atoms with van der Waals surface area (Å²) in [5, 5.41) is 23.3. The van der Waals surface area contributed by atoms with Crippen molar-refractivity contribution in [2.45, 2.75) is 96.5 Å². The lowest BCUT2D eigenvalue weighted by Crippen LogP contribution is -2.58. The molecule has 12 nitrogen and oxygen atoms in total. The van der Waals surface area contributed by atoms with Gasteiger partial charge in [0.1, 0.15) is 12.6 Å². The SMILES string of the molecule is CC[C@H](C)[C@H](NC(=O)N(C)Cc1csc(C(C)C)n1)C(=O)N[C@@H](Cc1ccccc1)[C@H](O)CN(CC(C)C)S(=O)(=O)c1ccc(CN=O)cc1. The van der Waals surface area contributed by atoms with Crippen LogP contribution in [0.2, 0.25) is 0 Å². The van der Waals surface area contributed by atoms with Crippen LogP contribution in [0.25, 0.3) is 0 Å². The Kier molecular flexibility index (Phi) is 15.5. The van der Waals surface area contributed by atoms with Gasteiger partial charge >= 0.3 is 6.03 Å². The van der Waals surface area contributed by atoms with Crippen molar-refractivity contribution in [2.24, 2.45) is 17.0 Å². The van der Waals surface area contributed by atoms with E-state index in [4.69, 9.17) is 0 Å². The van der Waals surface area contributed by atoms with Gasteiger partial charge in [0.25, 0.3) is 0 Å². The molecule has 0 bridgehead atoms. The third kappa shape index (κ3) is 11.7. The number of sulfonamides is 1. The molecule has 0 aliphatic heterocycles. The number of carbonyl (C=O) groups is 2. The summed E-state index contributed by atoms with van der Waals surface area (Å²) in [6.45, 7) is 11.7. The highest BCUT2D eigenvalue weighted by atomic mass is 32.2. The first-order valence-electron chi connectivity index (χ1n) is 17.0. The van der Waals surface area contributed by atoms with Crippen LogP contribution in [0.15, 0.2) is 70.0 Å². The Bertz CT molecular complexity index is 1630. The maximum absolute atomic E-state index is 14.0. The molecule has 3 aromatic rings. The highest BCUT2D eigenvalue weighted by Crippen LogP contribution is 2.22.